The van der Waals surface area contributed by atoms with Gasteiger partial charge in [0.2, 0.25) is 5.17 Å². The summed E-state index contributed by atoms with van der Waals surface area (Å²) in [4.78, 5) is 16.7. The number of halogens is 1. The Morgan fingerprint density at radius 3 is 2.57 bits per heavy atom. The summed E-state index contributed by atoms with van der Waals surface area (Å²) in [7, 11) is 0. The Balaban J connectivity index is 1.35. The summed E-state index contributed by atoms with van der Waals surface area (Å²) in [5.41, 5.74) is 1.76. The van der Waals surface area contributed by atoms with Gasteiger partial charge in [-0.05, 0) is 61.0 Å². The molecule has 35 heavy (non-hydrogen) atoms. The number of aryl methyl sites for hydroxylation is 1. The first-order valence-corrected chi connectivity index (χ1v) is 12.3. The number of carbonyl (C=O) groups is 1. The second kappa shape index (κ2) is 11.5. The smallest absolute Gasteiger partial charge is 0.283 e. The van der Waals surface area contributed by atoms with Gasteiger partial charge in [-0.15, -0.1) is 0 Å². The standard InChI is InChI=1S/C25H25ClN4O4S/c1-3-22-29-30-23(27)19(24(31)28-25(30)35-22)15-17-14-18(26)8-9-21(17)34-13-11-32-10-12-33-20-7-5-4-6-16(20)2/h4-9,14-15,27H,3,10-13H2,1-2H3/b19-15+,27-23?. The predicted octanol–water partition coefficient (Wildman–Crippen LogP) is 5.15. The van der Waals surface area contributed by atoms with E-state index in [9.17, 15) is 4.79 Å². The zero-order valence-electron chi connectivity index (χ0n) is 19.4. The van der Waals surface area contributed by atoms with Gasteiger partial charge in [0, 0.05) is 10.6 Å². The van der Waals surface area contributed by atoms with Gasteiger partial charge in [0.15, 0.2) is 5.84 Å². The van der Waals surface area contributed by atoms with Crippen LogP contribution in [-0.2, 0) is 9.53 Å². The van der Waals surface area contributed by atoms with Gasteiger partial charge >= 0.3 is 0 Å². The van der Waals surface area contributed by atoms with E-state index in [1.807, 2.05) is 38.1 Å². The lowest BCUT2D eigenvalue weighted by molar-refractivity contribution is -0.114. The number of thioether (sulfide) groups is 1. The largest absolute Gasteiger partial charge is 0.491 e. The Hall–Kier alpha value is -3.14. The van der Waals surface area contributed by atoms with Crippen LogP contribution in [0.25, 0.3) is 6.08 Å². The monoisotopic (exact) mass is 512 g/mol. The van der Waals surface area contributed by atoms with Crippen molar-refractivity contribution in [1.82, 2.24) is 5.01 Å². The third kappa shape index (κ3) is 6.11. The number of para-hydroxylation sites is 1. The van der Waals surface area contributed by atoms with Crippen molar-refractivity contribution < 1.29 is 19.0 Å². The number of nitrogens with one attached hydrogen (secondary N) is 1. The molecule has 2 aliphatic rings. The van der Waals surface area contributed by atoms with E-state index in [0.717, 1.165) is 16.4 Å². The second-order valence-corrected chi connectivity index (χ2v) is 9.10. The second-order valence-electron chi connectivity index (χ2n) is 7.62. The maximum atomic E-state index is 12.6. The Kier molecular flexibility index (Phi) is 8.22. The number of hydrogen-bond acceptors (Lipinski definition) is 7. The lowest BCUT2D eigenvalue weighted by atomic mass is 10.1. The lowest BCUT2D eigenvalue weighted by Crippen LogP contribution is -2.35. The molecule has 10 heteroatoms. The number of carbonyl (C=O) groups excluding carboxylic acids is 1. The molecule has 0 bridgehead atoms. The number of fused-ring (bicyclic) bond motifs is 1. The highest BCUT2D eigenvalue weighted by Gasteiger charge is 2.35. The minimum Gasteiger partial charge on any atom is -0.491 e. The zero-order chi connectivity index (χ0) is 24.8. The van der Waals surface area contributed by atoms with Gasteiger partial charge in [-0.2, -0.15) is 15.1 Å². The van der Waals surface area contributed by atoms with Crippen molar-refractivity contribution in [1.29, 1.82) is 5.41 Å². The van der Waals surface area contributed by atoms with Gasteiger partial charge in [0.25, 0.3) is 5.91 Å². The van der Waals surface area contributed by atoms with E-state index in [1.165, 1.54) is 16.8 Å². The summed E-state index contributed by atoms with van der Waals surface area (Å²) in [6.45, 7) is 5.47. The van der Waals surface area contributed by atoms with E-state index in [-0.39, 0.29) is 11.4 Å². The highest BCUT2D eigenvalue weighted by Crippen LogP contribution is 2.31. The molecule has 0 fully saturated rings. The summed E-state index contributed by atoms with van der Waals surface area (Å²) in [5.74, 6) is 0.836. The molecule has 0 spiro atoms. The van der Waals surface area contributed by atoms with Crippen LogP contribution in [0.4, 0.5) is 0 Å². The van der Waals surface area contributed by atoms with E-state index in [1.54, 1.807) is 24.3 Å². The van der Waals surface area contributed by atoms with Crippen molar-refractivity contribution in [2.45, 2.75) is 20.3 Å². The number of amides is 1. The average Bonchev–Trinajstić information content (AvgIpc) is 3.26. The van der Waals surface area contributed by atoms with Crippen molar-refractivity contribution in [3.8, 4) is 11.5 Å². The van der Waals surface area contributed by atoms with Crippen LogP contribution in [0.3, 0.4) is 0 Å². The number of benzene rings is 2. The van der Waals surface area contributed by atoms with Gasteiger partial charge in [0.1, 0.15) is 29.8 Å². The minimum absolute atomic E-state index is 0.0288. The normalized spacial score (nSPS) is 16.3. The van der Waals surface area contributed by atoms with E-state index in [0.29, 0.717) is 54.4 Å². The summed E-state index contributed by atoms with van der Waals surface area (Å²) in [5, 5.41) is 15.9. The fourth-order valence-corrected chi connectivity index (χ4v) is 4.34. The van der Waals surface area contributed by atoms with Crippen molar-refractivity contribution in [2.75, 3.05) is 26.4 Å². The number of hydrazone groups is 1. The highest BCUT2D eigenvalue weighted by atomic mass is 35.5. The number of ether oxygens (including phenoxy) is 3. The first kappa shape index (κ1) is 25.0. The van der Waals surface area contributed by atoms with Gasteiger partial charge in [-0.3, -0.25) is 10.2 Å². The van der Waals surface area contributed by atoms with Gasteiger partial charge in [-0.25, -0.2) is 0 Å². The number of hydrogen-bond donors (Lipinski definition) is 1. The van der Waals surface area contributed by atoms with Crippen LogP contribution >= 0.6 is 23.4 Å². The third-order valence-electron chi connectivity index (χ3n) is 5.13. The third-order valence-corrected chi connectivity index (χ3v) is 6.42. The molecule has 0 saturated carbocycles. The van der Waals surface area contributed by atoms with Crippen LogP contribution in [0.15, 0.2) is 58.1 Å². The molecule has 2 aromatic carbocycles. The topological polar surface area (TPSA) is 96.6 Å². The van der Waals surface area contributed by atoms with Crippen LogP contribution in [0.1, 0.15) is 24.5 Å². The van der Waals surface area contributed by atoms with Crippen LogP contribution in [0.2, 0.25) is 5.02 Å². The van der Waals surface area contributed by atoms with Crippen LogP contribution in [0, 0.1) is 12.3 Å². The number of rotatable bonds is 10. The molecule has 0 unspecified atom stereocenters. The molecule has 0 atom stereocenters. The number of aliphatic imine (C=N–C) groups is 1. The molecular weight excluding hydrogens is 488 g/mol. The molecule has 0 radical (unpaired) electrons. The minimum atomic E-state index is -0.496. The number of nitrogens with zero attached hydrogens (tertiary/aromatic N) is 3. The van der Waals surface area contributed by atoms with Crippen molar-refractivity contribution in [2.24, 2.45) is 10.1 Å². The zero-order valence-corrected chi connectivity index (χ0v) is 21.0. The van der Waals surface area contributed by atoms with Crippen LogP contribution < -0.4 is 9.47 Å². The van der Waals surface area contributed by atoms with Crippen LogP contribution in [-0.4, -0.2) is 53.4 Å². The molecule has 1 amide bonds. The molecule has 8 nitrogen and oxygen atoms in total. The lowest BCUT2D eigenvalue weighted by Gasteiger charge is -2.20. The molecule has 0 saturated heterocycles. The van der Waals surface area contributed by atoms with Crippen molar-refractivity contribution >= 4 is 51.4 Å². The molecule has 2 heterocycles. The Morgan fingerprint density at radius 2 is 1.83 bits per heavy atom. The molecule has 182 valence electrons. The van der Waals surface area contributed by atoms with Crippen LogP contribution in [0.5, 0.6) is 11.5 Å². The van der Waals surface area contributed by atoms with E-state index in [4.69, 9.17) is 31.2 Å². The van der Waals surface area contributed by atoms with Gasteiger partial charge in [-0.1, -0.05) is 36.7 Å². The van der Waals surface area contributed by atoms with E-state index in [2.05, 4.69) is 10.1 Å². The predicted molar refractivity (Wildman–Crippen MR) is 140 cm³/mol. The Morgan fingerprint density at radius 1 is 1.09 bits per heavy atom. The van der Waals surface area contributed by atoms with Crippen molar-refractivity contribution in [3.63, 3.8) is 0 Å². The van der Waals surface area contributed by atoms with Gasteiger partial charge in [0.05, 0.1) is 18.8 Å². The summed E-state index contributed by atoms with van der Waals surface area (Å²) >= 11 is 7.49. The molecule has 0 aromatic heterocycles. The SMILES string of the molecule is CCC1=NN2C(=N)/C(=C\c3cc(Cl)ccc3OCCOCCOc3ccccc3C)C(=O)N=C2S1. The first-order valence-electron chi connectivity index (χ1n) is 11.1. The summed E-state index contributed by atoms with van der Waals surface area (Å²) in [6, 6.07) is 12.9. The average molecular weight is 513 g/mol. The molecule has 2 aromatic rings. The molecule has 4 rings (SSSR count). The molecule has 2 aliphatic heterocycles. The fourth-order valence-electron chi connectivity index (χ4n) is 3.34. The molecular formula is C25H25ClN4O4S. The Bertz CT molecular complexity index is 1230. The maximum absolute atomic E-state index is 12.6. The number of amidine groups is 2. The van der Waals surface area contributed by atoms with E-state index < -0.39 is 5.91 Å². The summed E-state index contributed by atoms with van der Waals surface area (Å²) in [6.07, 6.45) is 2.26. The molecule has 1 N–H and O–H groups in total. The van der Waals surface area contributed by atoms with Gasteiger partial charge < -0.3 is 14.2 Å². The van der Waals surface area contributed by atoms with Crippen molar-refractivity contribution in [3.05, 3.63) is 64.2 Å². The Labute approximate surface area is 213 Å². The maximum Gasteiger partial charge on any atom is 0.283 e. The summed E-state index contributed by atoms with van der Waals surface area (Å²) < 4.78 is 17.2. The first-order chi connectivity index (χ1) is 17.0. The fraction of sp³-hybridized carbons (Fsp3) is 0.280. The molecule has 0 aliphatic carbocycles. The highest BCUT2D eigenvalue weighted by molar-refractivity contribution is 8.26. The van der Waals surface area contributed by atoms with E-state index >= 15 is 0 Å². The quantitative estimate of drug-likeness (QED) is 0.349.